The largest absolute Gasteiger partial charge is 0.324 e. The maximum Gasteiger partial charge on any atom is 0.324 e. The van der Waals surface area contributed by atoms with Crippen LogP contribution in [0.1, 0.15) is 25.1 Å². The number of hydrogen-bond acceptors (Lipinski definition) is 5. The van der Waals surface area contributed by atoms with E-state index in [2.05, 4.69) is 20.4 Å². The standard InChI is InChI=1S/C10H18N4O/c1-8-12-10(15-13-8)14(2)9-4-3-6-11-7-5-9/h9,11H,3-7H2,1-2H3. The Labute approximate surface area is 89.8 Å². The van der Waals surface area contributed by atoms with E-state index in [1.165, 1.54) is 12.8 Å². The second kappa shape index (κ2) is 4.61. The lowest BCUT2D eigenvalue weighted by Gasteiger charge is -2.24. The molecule has 1 saturated heterocycles. The van der Waals surface area contributed by atoms with Gasteiger partial charge in [-0.15, -0.1) is 0 Å². The summed E-state index contributed by atoms with van der Waals surface area (Å²) in [5, 5.41) is 7.21. The molecule has 0 aromatic carbocycles. The number of aryl methyl sites for hydroxylation is 1. The maximum absolute atomic E-state index is 5.16. The van der Waals surface area contributed by atoms with Crippen molar-refractivity contribution < 1.29 is 4.52 Å². The molecular formula is C10H18N4O. The molecule has 0 bridgehead atoms. The Morgan fingerprint density at radius 2 is 2.27 bits per heavy atom. The molecule has 15 heavy (non-hydrogen) atoms. The van der Waals surface area contributed by atoms with Crippen molar-refractivity contribution in [2.24, 2.45) is 0 Å². The van der Waals surface area contributed by atoms with E-state index in [1.54, 1.807) is 0 Å². The molecule has 1 N–H and O–H groups in total. The highest BCUT2D eigenvalue weighted by Gasteiger charge is 2.20. The molecule has 1 fully saturated rings. The monoisotopic (exact) mass is 210 g/mol. The molecular weight excluding hydrogens is 192 g/mol. The van der Waals surface area contributed by atoms with Crippen molar-refractivity contribution in [1.82, 2.24) is 15.5 Å². The fourth-order valence-electron chi connectivity index (χ4n) is 1.97. The van der Waals surface area contributed by atoms with Gasteiger partial charge in [0, 0.05) is 13.1 Å². The van der Waals surface area contributed by atoms with Crippen molar-refractivity contribution in [2.75, 3.05) is 25.0 Å². The lowest BCUT2D eigenvalue weighted by Crippen LogP contribution is -2.32. The van der Waals surface area contributed by atoms with E-state index in [1.807, 2.05) is 14.0 Å². The normalized spacial score (nSPS) is 22.4. The summed E-state index contributed by atoms with van der Waals surface area (Å²) >= 11 is 0. The van der Waals surface area contributed by atoms with Crippen molar-refractivity contribution in [3.05, 3.63) is 5.82 Å². The summed E-state index contributed by atoms with van der Waals surface area (Å²) in [4.78, 5) is 6.35. The van der Waals surface area contributed by atoms with Gasteiger partial charge in [0.05, 0.1) is 0 Å². The third kappa shape index (κ3) is 2.47. The smallest absolute Gasteiger partial charge is 0.324 e. The molecule has 0 saturated carbocycles. The minimum Gasteiger partial charge on any atom is -0.324 e. The maximum atomic E-state index is 5.16. The predicted octanol–water partition coefficient (Wildman–Crippen LogP) is 0.956. The lowest BCUT2D eigenvalue weighted by atomic mass is 10.1. The highest BCUT2D eigenvalue weighted by atomic mass is 16.5. The minimum atomic E-state index is 0.514. The van der Waals surface area contributed by atoms with Crippen LogP contribution in [0.25, 0.3) is 0 Å². The van der Waals surface area contributed by atoms with Gasteiger partial charge in [0.1, 0.15) is 0 Å². The highest BCUT2D eigenvalue weighted by molar-refractivity contribution is 5.25. The van der Waals surface area contributed by atoms with Crippen LogP contribution in [-0.4, -0.2) is 36.3 Å². The minimum absolute atomic E-state index is 0.514. The van der Waals surface area contributed by atoms with E-state index >= 15 is 0 Å². The Morgan fingerprint density at radius 1 is 1.40 bits per heavy atom. The Hall–Kier alpha value is -1.10. The molecule has 1 atom stereocenters. The molecule has 1 aliphatic rings. The van der Waals surface area contributed by atoms with Gasteiger partial charge in [-0.2, -0.15) is 4.98 Å². The second-order valence-electron chi connectivity index (χ2n) is 4.07. The summed E-state index contributed by atoms with van der Waals surface area (Å²) in [5.41, 5.74) is 0. The van der Waals surface area contributed by atoms with Crippen LogP contribution in [0.2, 0.25) is 0 Å². The molecule has 1 unspecified atom stereocenters. The first-order valence-corrected chi connectivity index (χ1v) is 5.51. The van der Waals surface area contributed by atoms with Crippen molar-refractivity contribution in [3.63, 3.8) is 0 Å². The zero-order valence-electron chi connectivity index (χ0n) is 9.36. The zero-order chi connectivity index (χ0) is 10.7. The molecule has 0 aliphatic carbocycles. The van der Waals surface area contributed by atoms with Gasteiger partial charge in [-0.3, -0.25) is 0 Å². The lowest BCUT2D eigenvalue weighted by molar-refractivity contribution is 0.397. The van der Waals surface area contributed by atoms with Crippen LogP contribution in [0.15, 0.2) is 4.52 Å². The third-order valence-corrected chi connectivity index (χ3v) is 2.91. The van der Waals surface area contributed by atoms with E-state index < -0.39 is 0 Å². The number of hydrogen-bond donors (Lipinski definition) is 1. The molecule has 1 aromatic rings. The molecule has 1 aliphatic heterocycles. The molecule has 5 heteroatoms. The van der Waals surface area contributed by atoms with Crippen LogP contribution in [0.3, 0.4) is 0 Å². The van der Waals surface area contributed by atoms with Crippen LogP contribution >= 0.6 is 0 Å². The molecule has 1 aromatic heterocycles. The molecule has 0 radical (unpaired) electrons. The van der Waals surface area contributed by atoms with Crippen molar-refractivity contribution in [3.8, 4) is 0 Å². The van der Waals surface area contributed by atoms with Gasteiger partial charge in [0.2, 0.25) is 0 Å². The quantitative estimate of drug-likeness (QED) is 0.788. The first-order chi connectivity index (χ1) is 7.27. The summed E-state index contributed by atoms with van der Waals surface area (Å²) < 4.78 is 5.16. The van der Waals surface area contributed by atoms with E-state index in [0.717, 1.165) is 19.5 Å². The number of aromatic nitrogens is 2. The number of nitrogens with zero attached hydrogens (tertiary/aromatic N) is 3. The molecule has 2 heterocycles. The highest BCUT2D eigenvalue weighted by Crippen LogP contribution is 2.18. The van der Waals surface area contributed by atoms with Crippen molar-refractivity contribution in [2.45, 2.75) is 32.2 Å². The average Bonchev–Trinajstić information content (AvgIpc) is 2.53. The second-order valence-corrected chi connectivity index (χ2v) is 4.07. The summed E-state index contributed by atoms with van der Waals surface area (Å²) in [6, 6.07) is 1.15. The van der Waals surface area contributed by atoms with E-state index in [-0.39, 0.29) is 0 Å². The van der Waals surface area contributed by atoms with Gasteiger partial charge >= 0.3 is 6.01 Å². The van der Waals surface area contributed by atoms with Gasteiger partial charge in [0.25, 0.3) is 0 Å². The van der Waals surface area contributed by atoms with Gasteiger partial charge in [-0.25, -0.2) is 0 Å². The number of anilines is 1. The van der Waals surface area contributed by atoms with Crippen LogP contribution < -0.4 is 10.2 Å². The van der Waals surface area contributed by atoms with E-state index in [9.17, 15) is 0 Å². The van der Waals surface area contributed by atoms with Gasteiger partial charge in [-0.05, 0) is 39.3 Å². The van der Waals surface area contributed by atoms with E-state index in [4.69, 9.17) is 4.52 Å². The fourth-order valence-corrected chi connectivity index (χ4v) is 1.97. The van der Waals surface area contributed by atoms with Crippen LogP contribution in [-0.2, 0) is 0 Å². The van der Waals surface area contributed by atoms with Gasteiger partial charge in [0.15, 0.2) is 5.82 Å². The first kappa shape index (κ1) is 10.4. The van der Waals surface area contributed by atoms with Crippen LogP contribution in [0, 0.1) is 6.92 Å². The molecule has 0 spiro atoms. The zero-order valence-corrected chi connectivity index (χ0v) is 9.36. The first-order valence-electron chi connectivity index (χ1n) is 5.51. The van der Waals surface area contributed by atoms with Gasteiger partial charge < -0.3 is 14.7 Å². The molecule has 2 rings (SSSR count). The third-order valence-electron chi connectivity index (χ3n) is 2.91. The van der Waals surface area contributed by atoms with Crippen LogP contribution in [0.5, 0.6) is 0 Å². The summed E-state index contributed by atoms with van der Waals surface area (Å²) in [6.45, 7) is 4.03. The van der Waals surface area contributed by atoms with Gasteiger partial charge in [-0.1, -0.05) is 5.16 Å². The fraction of sp³-hybridized carbons (Fsp3) is 0.800. The van der Waals surface area contributed by atoms with E-state index in [0.29, 0.717) is 17.9 Å². The molecule has 5 nitrogen and oxygen atoms in total. The number of rotatable bonds is 2. The predicted molar refractivity (Wildman–Crippen MR) is 57.9 cm³/mol. The SMILES string of the molecule is Cc1noc(N(C)C2CCCNCC2)n1. The van der Waals surface area contributed by atoms with Crippen molar-refractivity contribution in [1.29, 1.82) is 0 Å². The Morgan fingerprint density at radius 3 is 3.00 bits per heavy atom. The number of nitrogens with one attached hydrogen (secondary N) is 1. The molecule has 0 amide bonds. The van der Waals surface area contributed by atoms with Crippen molar-refractivity contribution >= 4 is 6.01 Å². The van der Waals surface area contributed by atoms with Crippen LogP contribution in [0.4, 0.5) is 6.01 Å². The Kier molecular flexibility index (Phi) is 3.20. The molecule has 84 valence electrons. The Bertz CT molecular complexity index is 304. The Balaban J connectivity index is 2.02. The topological polar surface area (TPSA) is 54.2 Å². The summed E-state index contributed by atoms with van der Waals surface area (Å²) in [6.07, 6.45) is 3.53. The summed E-state index contributed by atoms with van der Waals surface area (Å²) in [5.74, 6) is 0.698. The summed E-state index contributed by atoms with van der Waals surface area (Å²) in [7, 11) is 2.03. The average molecular weight is 210 g/mol.